The van der Waals surface area contributed by atoms with Gasteiger partial charge in [0.05, 0.1) is 19.5 Å². The molecule has 86 valence electrons. The highest BCUT2D eigenvalue weighted by atomic mass is 16.5. The van der Waals surface area contributed by atoms with E-state index < -0.39 is 36.4 Å². The Morgan fingerprint density at radius 3 is 2.82 bits per heavy atom. The lowest BCUT2D eigenvalue weighted by molar-refractivity contribution is 0.103. The van der Waals surface area contributed by atoms with Gasteiger partial charge in [0.15, 0.2) is 5.78 Å². The molecule has 0 atom stereocenters. The molecule has 0 saturated carbocycles. The predicted octanol–water partition coefficient (Wildman–Crippen LogP) is 2.63. The number of hydrogen-bond donors (Lipinski definition) is 1. The molecule has 0 amide bonds. The van der Waals surface area contributed by atoms with Crippen LogP contribution >= 0.6 is 0 Å². The Morgan fingerprint density at radius 1 is 1.35 bits per heavy atom. The molecule has 0 heterocycles. The molecule has 2 aromatic carbocycles. The summed E-state index contributed by atoms with van der Waals surface area (Å²) < 4.78 is 41.1. The minimum atomic E-state index is -2.82. The number of rotatable bonds is 3. The fraction of sp³-hybridized carbons (Fsp3) is 0.0714. The molecule has 17 heavy (non-hydrogen) atoms. The van der Waals surface area contributed by atoms with E-state index in [1.807, 2.05) is 0 Å². The summed E-state index contributed by atoms with van der Waals surface area (Å²) in [7, 11) is -2.82. The first kappa shape index (κ1) is 6.45. The van der Waals surface area contributed by atoms with Crippen LogP contribution in [0.1, 0.15) is 22.8 Å². The second kappa shape index (κ2) is 4.70. The largest absolute Gasteiger partial charge is 0.507 e. The zero-order valence-corrected chi connectivity index (χ0v) is 8.73. The van der Waals surface area contributed by atoms with Crippen LogP contribution in [0, 0.1) is 0 Å². The van der Waals surface area contributed by atoms with Gasteiger partial charge in [-0.05, 0) is 12.1 Å². The minimum Gasteiger partial charge on any atom is -0.507 e. The van der Waals surface area contributed by atoms with Gasteiger partial charge in [0.1, 0.15) is 11.5 Å². The average Bonchev–Trinajstić information content (AvgIpc) is 2.44. The molecule has 0 aliphatic carbocycles. The predicted molar refractivity (Wildman–Crippen MR) is 64.5 cm³/mol. The lowest BCUT2D eigenvalue weighted by atomic mass is 10.0. The summed E-state index contributed by atoms with van der Waals surface area (Å²) in [5, 5.41) is 9.94. The highest BCUT2D eigenvalue weighted by Crippen LogP contribution is 2.25. The quantitative estimate of drug-likeness (QED) is 0.829. The van der Waals surface area contributed by atoms with Gasteiger partial charge in [-0.15, -0.1) is 0 Å². The SMILES string of the molecule is [2H]c1c(OC([2H])([2H])[2H])cc(O)c(C(=O)c2ccccc2)c1[2H]. The third-order valence-corrected chi connectivity index (χ3v) is 2.21. The number of phenolic OH excluding ortho intramolecular Hbond substituents is 1. The normalized spacial score (nSPS) is 14.9. The van der Waals surface area contributed by atoms with E-state index in [0.717, 1.165) is 6.07 Å². The number of phenols is 1. The van der Waals surface area contributed by atoms with Crippen molar-refractivity contribution in [1.29, 1.82) is 0 Å². The van der Waals surface area contributed by atoms with Crippen LogP contribution < -0.4 is 4.74 Å². The van der Waals surface area contributed by atoms with Gasteiger partial charge in [-0.2, -0.15) is 0 Å². The first-order valence-electron chi connectivity index (χ1n) is 7.32. The van der Waals surface area contributed by atoms with Crippen LogP contribution in [0.15, 0.2) is 48.5 Å². The lowest BCUT2D eigenvalue weighted by Gasteiger charge is -2.06. The minimum absolute atomic E-state index is 0.246. The molecule has 0 aliphatic rings. The number of ketones is 1. The van der Waals surface area contributed by atoms with Crippen LogP contribution in [0.2, 0.25) is 0 Å². The highest BCUT2D eigenvalue weighted by molar-refractivity contribution is 6.10. The molecule has 0 saturated heterocycles. The number of hydrogen-bond acceptors (Lipinski definition) is 3. The van der Waals surface area contributed by atoms with Gasteiger partial charge >= 0.3 is 0 Å². The van der Waals surface area contributed by atoms with Crippen molar-refractivity contribution in [3.63, 3.8) is 0 Å². The molecule has 0 bridgehead atoms. The third kappa shape index (κ3) is 2.28. The van der Waals surface area contributed by atoms with Crippen LogP contribution in [0.3, 0.4) is 0 Å². The monoisotopic (exact) mass is 233 g/mol. The van der Waals surface area contributed by atoms with Crippen molar-refractivity contribution in [2.75, 3.05) is 7.04 Å². The maximum atomic E-state index is 12.3. The van der Waals surface area contributed by atoms with E-state index in [4.69, 9.17) is 6.85 Å². The Labute approximate surface area is 106 Å². The molecular formula is C14H12O3. The van der Waals surface area contributed by atoms with E-state index in [-0.39, 0.29) is 11.1 Å². The Morgan fingerprint density at radius 2 is 2.12 bits per heavy atom. The summed E-state index contributed by atoms with van der Waals surface area (Å²) in [4.78, 5) is 12.3. The summed E-state index contributed by atoms with van der Waals surface area (Å²) in [6.07, 6.45) is 0. The Hall–Kier alpha value is -2.29. The van der Waals surface area contributed by atoms with Crippen molar-refractivity contribution in [2.45, 2.75) is 0 Å². The summed E-state index contributed by atoms with van der Waals surface area (Å²) in [6, 6.07) is 7.68. The van der Waals surface area contributed by atoms with Crippen LogP contribution in [0.25, 0.3) is 0 Å². The molecule has 2 aromatic rings. The Kier molecular flexibility index (Phi) is 1.78. The molecule has 0 aliphatic heterocycles. The van der Waals surface area contributed by atoms with Gasteiger partial charge in [0.2, 0.25) is 0 Å². The standard InChI is InChI=1S/C14H12O3/c1-17-11-7-8-12(13(15)9-11)14(16)10-5-3-2-4-6-10/h2-9,15H,1H3/i1D3,7D,8D. The molecule has 3 nitrogen and oxygen atoms in total. The zero-order chi connectivity index (χ0) is 16.5. The van der Waals surface area contributed by atoms with E-state index in [1.165, 1.54) is 12.1 Å². The fourth-order valence-corrected chi connectivity index (χ4v) is 1.38. The van der Waals surface area contributed by atoms with E-state index in [9.17, 15) is 9.90 Å². The molecule has 2 rings (SSSR count). The van der Waals surface area contributed by atoms with Crippen molar-refractivity contribution >= 4 is 5.78 Å². The third-order valence-electron chi connectivity index (χ3n) is 2.21. The van der Waals surface area contributed by atoms with E-state index in [1.54, 1.807) is 18.2 Å². The molecular weight excluding hydrogens is 216 g/mol. The lowest BCUT2D eigenvalue weighted by Crippen LogP contribution is -2.01. The summed E-state index contributed by atoms with van der Waals surface area (Å²) in [6.45, 7) is 0. The van der Waals surface area contributed by atoms with Gasteiger partial charge < -0.3 is 9.84 Å². The number of aromatic hydroxyl groups is 1. The van der Waals surface area contributed by atoms with Crippen LogP contribution in [-0.4, -0.2) is 17.9 Å². The first-order valence-corrected chi connectivity index (χ1v) is 4.82. The molecule has 0 fully saturated rings. The smallest absolute Gasteiger partial charge is 0.196 e. The maximum absolute atomic E-state index is 12.3. The fourth-order valence-electron chi connectivity index (χ4n) is 1.38. The van der Waals surface area contributed by atoms with Crippen LogP contribution in [0.5, 0.6) is 11.5 Å². The summed E-state index contributed by atoms with van der Waals surface area (Å²) in [5.74, 6) is -1.71. The highest BCUT2D eigenvalue weighted by Gasteiger charge is 2.13. The van der Waals surface area contributed by atoms with Gasteiger partial charge in [-0.1, -0.05) is 30.3 Å². The maximum Gasteiger partial charge on any atom is 0.196 e. The number of benzene rings is 2. The van der Waals surface area contributed by atoms with Crippen molar-refractivity contribution in [2.24, 2.45) is 0 Å². The van der Waals surface area contributed by atoms with Crippen molar-refractivity contribution < 1.29 is 21.5 Å². The van der Waals surface area contributed by atoms with Crippen molar-refractivity contribution in [3.8, 4) is 11.5 Å². The van der Waals surface area contributed by atoms with Gasteiger partial charge in [-0.25, -0.2) is 0 Å². The second-order valence-corrected chi connectivity index (χ2v) is 3.32. The van der Waals surface area contributed by atoms with Crippen molar-refractivity contribution in [1.82, 2.24) is 0 Å². The van der Waals surface area contributed by atoms with E-state index >= 15 is 0 Å². The van der Waals surface area contributed by atoms with Gasteiger partial charge in [0.25, 0.3) is 0 Å². The zero-order valence-electron chi connectivity index (χ0n) is 13.7. The summed E-state index contributed by atoms with van der Waals surface area (Å²) in [5.41, 5.74) is -0.121. The second-order valence-electron chi connectivity index (χ2n) is 3.32. The number of methoxy groups -OCH3 is 1. The first-order chi connectivity index (χ1) is 10.2. The van der Waals surface area contributed by atoms with E-state index in [0.29, 0.717) is 0 Å². The Balaban J connectivity index is 2.51. The molecule has 0 unspecified atom stereocenters. The molecule has 0 radical (unpaired) electrons. The number of carbonyl (C=O) groups is 1. The molecule has 1 N–H and O–H groups in total. The van der Waals surface area contributed by atoms with E-state index in [2.05, 4.69) is 4.74 Å². The number of carbonyl (C=O) groups excluding carboxylic acids is 1. The van der Waals surface area contributed by atoms with Crippen molar-refractivity contribution in [3.05, 3.63) is 59.6 Å². The number of ether oxygens (including phenoxy) is 1. The molecule has 3 heteroatoms. The molecule has 0 spiro atoms. The topological polar surface area (TPSA) is 46.5 Å². The summed E-state index contributed by atoms with van der Waals surface area (Å²) >= 11 is 0. The van der Waals surface area contributed by atoms with Gasteiger partial charge in [0, 0.05) is 11.6 Å². The van der Waals surface area contributed by atoms with Crippen LogP contribution in [0.4, 0.5) is 0 Å². The van der Waals surface area contributed by atoms with Gasteiger partial charge in [-0.3, -0.25) is 4.79 Å². The molecule has 0 aromatic heterocycles. The Bertz CT molecular complexity index is 711. The van der Waals surface area contributed by atoms with Crippen LogP contribution in [-0.2, 0) is 0 Å². The average molecular weight is 233 g/mol.